The summed E-state index contributed by atoms with van der Waals surface area (Å²) in [6, 6.07) is 18.4. The van der Waals surface area contributed by atoms with Crippen LogP contribution in [-0.2, 0) is 16.8 Å². The van der Waals surface area contributed by atoms with E-state index in [-0.39, 0.29) is 22.7 Å². The molecular formula is C27H34N2O2. The molecule has 3 aliphatic rings. The van der Waals surface area contributed by atoms with Crippen molar-refractivity contribution in [3.05, 3.63) is 65.7 Å². The average Bonchev–Trinajstić information content (AvgIpc) is 3.28. The Hall–Kier alpha value is -2.33. The number of phenolic OH excluding ortho intramolecular Hbond substituents is 1. The van der Waals surface area contributed by atoms with E-state index in [0.717, 1.165) is 51.0 Å². The van der Waals surface area contributed by atoms with E-state index in [1.54, 1.807) is 6.07 Å². The second kappa shape index (κ2) is 8.31. The Kier molecular flexibility index (Phi) is 5.51. The van der Waals surface area contributed by atoms with E-state index in [2.05, 4.69) is 40.5 Å². The summed E-state index contributed by atoms with van der Waals surface area (Å²) in [6.07, 6.45) is 8.07. The third-order valence-electron chi connectivity index (χ3n) is 8.29. The van der Waals surface area contributed by atoms with E-state index in [0.29, 0.717) is 5.75 Å². The van der Waals surface area contributed by atoms with E-state index in [4.69, 9.17) is 0 Å². The molecule has 0 aromatic heterocycles. The van der Waals surface area contributed by atoms with E-state index < -0.39 is 0 Å². The van der Waals surface area contributed by atoms with Crippen molar-refractivity contribution in [2.24, 2.45) is 11.3 Å². The second-order valence-electron chi connectivity index (χ2n) is 10.1. The van der Waals surface area contributed by atoms with E-state index in [9.17, 15) is 9.90 Å². The molecule has 164 valence electrons. The molecule has 1 saturated heterocycles. The minimum atomic E-state index is 0.125. The molecule has 0 unspecified atom stereocenters. The lowest BCUT2D eigenvalue weighted by Crippen LogP contribution is -2.41. The highest BCUT2D eigenvalue weighted by molar-refractivity contribution is 5.82. The molecule has 5 rings (SSSR count). The molecular weight excluding hydrogens is 384 g/mol. The van der Waals surface area contributed by atoms with Crippen LogP contribution in [0.1, 0.15) is 56.1 Å². The Labute approximate surface area is 185 Å². The van der Waals surface area contributed by atoms with Gasteiger partial charge in [0.25, 0.3) is 0 Å². The molecule has 3 fully saturated rings. The largest absolute Gasteiger partial charge is 0.508 e. The van der Waals surface area contributed by atoms with Crippen LogP contribution in [-0.4, -0.2) is 35.5 Å². The molecule has 2 aromatic carbocycles. The van der Waals surface area contributed by atoms with Crippen LogP contribution in [0.3, 0.4) is 0 Å². The summed E-state index contributed by atoms with van der Waals surface area (Å²) in [6.45, 7) is 3.58. The van der Waals surface area contributed by atoms with Gasteiger partial charge < -0.3 is 10.4 Å². The molecule has 1 atom stereocenters. The molecule has 1 heterocycles. The molecule has 1 aliphatic heterocycles. The van der Waals surface area contributed by atoms with Crippen LogP contribution in [0.5, 0.6) is 5.75 Å². The minimum absolute atomic E-state index is 0.125. The smallest absolute Gasteiger partial charge is 0.223 e. The number of hydrogen-bond donors (Lipinski definition) is 2. The summed E-state index contributed by atoms with van der Waals surface area (Å²) in [5.41, 5.74) is 2.72. The third-order valence-corrected chi connectivity index (χ3v) is 8.29. The number of carbonyl (C=O) groups excluding carboxylic acids is 1. The first-order valence-electron chi connectivity index (χ1n) is 11.9. The summed E-state index contributed by atoms with van der Waals surface area (Å²) in [5, 5.41) is 13.4. The zero-order valence-corrected chi connectivity index (χ0v) is 18.4. The first-order chi connectivity index (χ1) is 15.1. The summed E-state index contributed by atoms with van der Waals surface area (Å²) >= 11 is 0. The molecule has 31 heavy (non-hydrogen) atoms. The van der Waals surface area contributed by atoms with Gasteiger partial charge in [0.1, 0.15) is 5.75 Å². The topological polar surface area (TPSA) is 52.6 Å². The number of para-hydroxylation sites is 1. The van der Waals surface area contributed by atoms with Crippen molar-refractivity contribution in [3.63, 3.8) is 0 Å². The van der Waals surface area contributed by atoms with E-state index in [1.807, 2.05) is 18.2 Å². The number of benzene rings is 2. The molecule has 1 amide bonds. The fourth-order valence-corrected chi connectivity index (χ4v) is 6.10. The van der Waals surface area contributed by atoms with Crippen molar-refractivity contribution in [1.29, 1.82) is 0 Å². The van der Waals surface area contributed by atoms with Gasteiger partial charge >= 0.3 is 0 Å². The lowest BCUT2D eigenvalue weighted by molar-refractivity contribution is -0.123. The maximum absolute atomic E-state index is 13.1. The monoisotopic (exact) mass is 418 g/mol. The highest BCUT2D eigenvalue weighted by Gasteiger charge is 2.58. The normalized spacial score (nSPS) is 24.2. The first-order valence-corrected chi connectivity index (χ1v) is 11.9. The number of carbonyl (C=O) groups is 1. The standard InChI is InChI=1S/C27H34N2O2/c30-24-11-5-4-8-21(24)19-29-16-14-26(15-17-29)18-23(26)25(31)28-20-27(12-6-7-13-27)22-9-2-1-3-10-22/h1-5,8-11,23,30H,6-7,12-20H2,(H,28,31)/t23-/m1/s1. The fraction of sp³-hybridized carbons (Fsp3) is 0.519. The van der Waals surface area contributed by atoms with Crippen LogP contribution in [0.2, 0.25) is 0 Å². The quantitative estimate of drug-likeness (QED) is 0.720. The van der Waals surface area contributed by atoms with Crippen molar-refractivity contribution in [3.8, 4) is 5.75 Å². The second-order valence-corrected chi connectivity index (χ2v) is 10.1. The number of phenols is 1. The number of nitrogens with one attached hydrogen (secondary N) is 1. The van der Waals surface area contributed by atoms with Crippen LogP contribution in [0.25, 0.3) is 0 Å². The number of nitrogens with zero attached hydrogens (tertiary/aromatic N) is 1. The highest BCUT2D eigenvalue weighted by atomic mass is 16.3. The lowest BCUT2D eigenvalue weighted by atomic mass is 9.78. The number of aromatic hydroxyl groups is 1. The van der Waals surface area contributed by atoms with Gasteiger partial charge in [-0.15, -0.1) is 0 Å². The average molecular weight is 419 g/mol. The predicted octanol–water partition coefficient (Wildman–Crippen LogP) is 4.62. The van der Waals surface area contributed by atoms with Gasteiger partial charge in [-0.1, -0.05) is 61.4 Å². The van der Waals surface area contributed by atoms with Gasteiger partial charge in [0.2, 0.25) is 5.91 Å². The summed E-state index contributed by atoms with van der Waals surface area (Å²) in [5.74, 6) is 0.844. The lowest BCUT2D eigenvalue weighted by Gasteiger charge is -2.33. The Morgan fingerprint density at radius 1 is 0.968 bits per heavy atom. The van der Waals surface area contributed by atoms with E-state index >= 15 is 0 Å². The number of rotatable bonds is 6. The summed E-state index contributed by atoms with van der Waals surface area (Å²) < 4.78 is 0. The molecule has 2 aliphatic carbocycles. The number of amides is 1. The van der Waals surface area contributed by atoms with E-state index in [1.165, 1.54) is 31.2 Å². The number of likely N-dealkylation sites (tertiary alicyclic amines) is 1. The van der Waals surface area contributed by atoms with Crippen LogP contribution in [0.15, 0.2) is 54.6 Å². The SMILES string of the molecule is O=C(NCC1(c2ccccc2)CCCC1)[C@H]1CC12CCN(Cc1ccccc1O)CC2. The van der Waals surface area contributed by atoms with Crippen LogP contribution >= 0.6 is 0 Å². The van der Waals surface area contributed by atoms with Crippen LogP contribution in [0, 0.1) is 11.3 Å². The van der Waals surface area contributed by atoms with Gasteiger partial charge in [-0.05, 0) is 62.2 Å². The van der Waals surface area contributed by atoms with Gasteiger partial charge in [0, 0.05) is 30.0 Å². The molecule has 2 saturated carbocycles. The minimum Gasteiger partial charge on any atom is -0.508 e. The van der Waals surface area contributed by atoms with Gasteiger partial charge in [0.05, 0.1) is 0 Å². The zero-order valence-electron chi connectivity index (χ0n) is 18.4. The molecule has 1 spiro atoms. The van der Waals surface area contributed by atoms with Crippen molar-refractivity contribution >= 4 is 5.91 Å². The highest BCUT2D eigenvalue weighted by Crippen LogP contribution is 2.59. The van der Waals surface area contributed by atoms with Gasteiger partial charge in [-0.3, -0.25) is 9.69 Å². The summed E-state index contributed by atoms with van der Waals surface area (Å²) in [4.78, 5) is 15.5. The molecule has 0 bridgehead atoms. The Balaban J connectivity index is 1.14. The van der Waals surface area contributed by atoms with Crippen LogP contribution < -0.4 is 5.32 Å². The zero-order chi connectivity index (χ0) is 21.3. The molecule has 2 N–H and O–H groups in total. The molecule has 4 heteroatoms. The van der Waals surface area contributed by atoms with Crippen molar-refractivity contribution in [2.75, 3.05) is 19.6 Å². The van der Waals surface area contributed by atoms with Crippen LogP contribution in [0.4, 0.5) is 0 Å². The van der Waals surface area contributed by atoms with Crippen molar-refractivity contribution < 1.29 is 9.90 Å². The Morgan fingerprint density at radius 2 is 1.65 bits per heavy atom. The molecule has 2 aromatic rings. The number of piperidine rings is 1. The predicted molar refractivity (Wildman–Crippen MR) is 123 cm³/mol. The molecule has 0 radical (unpaired) electrons. The summed E-state index contributed by atoms with van der Waals surface area (Å²) in [7, 11) is 0. The Morgan fingerprint density at radius 3 is 2.35 bits per heavy atom. The molecule has 4 nitrogen and oxygen atoms in total. The third kappa shape index (κ3) is 4.10. The van der Waals surface area contributed by atoms with Crippen molar-refractivity contribution in [2.45, 2.75) is 56.9 Å². The fourth-order valence-electron chi connectivity index (χ4n) is 6.10. The van der Waals surface area contributed by atoms with Crippen molar-refractivity contribution in [1.82, 2.24) is 10.2 Å². The maximum atomic E-state index is 13.1. The van der Waals surface area contributed by atoms with Gasteiger partial charge in [-0.25, -0.2) is 0 Å². The maximum Gasteiger partial charge on any atom is 0.223 e. The van der Waals surface area contributed by atoms with Gasteiger partial charge in [0.15, 0.2) is 0 Å². The number of hydrogen-bond acceptors (Lipinski definition) is 3. The first kappa shape index (κ1) is 20.6. The van der Waals surface area contributed by atoms with Gasteiger partial charge in [-0.2, -0.15) is 0 Å². The Bertz CT molecular complexity index is 912.